The van der Waals surface area contributed by atoms with E-state index in [-0.39, 0.29) is 16.5 Å². The van der Waals surface area contributed by atoms with Gasteiger partial charge in [0.2, 0.25) is 10.0 Å². The maximum absolute atomic E-state index is 12.7. The van der Waals surface area contributed by atoms with Gasteiger partial charge in [0, 0.05) is 25.2 Å². The van der Waals surface area contributed by atoms with E-state index in [1.807, 2.05) is 6.92 Å². The van der Waals surface area contributed by atoms with E-state index in [1.54, 1.807) is 7.11 Å². The average Bonchev–Trinajstić information content (AvgIpc) is 2.47. The number of hydrogen-bond acceptors (Lipinski definition) is 4. The standard InChI is InChI=1S/C14H20ClNO4S/c1-14(20-2)6-3-7-16(10-14)21(18,19)12-5-4-11(9-17)13(15)8-12/h4-5,8,17H,3,6-7,9-10H2,1-2H3. The number of aliphatic hydroxyl groups excluding tert-OH is 1. The summed E-state index contributed by atoms with van der Waals surface area (Å²) in [7, 11) is -2.00. The van der Waals surface area contributed by atoms with Gasteiger partial charge < -0.3 is 9.84 Å². The first-order valence-corrected chi connectivity index (χ1v) is 8.59. The summed E-state index contributed by atoms with van der Waals surface area (Å²) in [4.78, 5) is 0.144. The van der Waals surface area contributed by atoms with Crippen LogP contribution in [0.4, 0.5) is 0 Å². The molecule has 7 heteroatoms. The first-order chi connectivity index (χ1) is 9.82. The van der Waals surface area contributed by atoms with Crippen molar-refractivity contribution < 1.29 is 18.3 Å². The Hall–Kier alpha value is -0.660. The highest BCUT2D eigenvalue weighted by Gasteiger charge is 2.37. The van der Waals surface area contributed by atoms with Crippen molar-refractivity contribution in [1.29, 1.82) is 0 Å². The molecule has 1 aliphatic rings. The van der Waals surface area contributed by atoms with Gasteiger partial charge >= 0.3 is 0 Å². The molecule has 118 valence electrons. The summed E-state index contributed by atoms with van der Waals surface area (Å²) in [6.45, 7) is 2.49. The Kier molecular flexibility index (Phi) is 4.95. The summed E-state index contributed by atoms with van der Waals surface area (Å²) in [6.07, 6.45) is 1.59. The molecule has 1 heterocycles. The molecule has 1 saturated heterocycles. The van der Waals surface area contributed by atoms with Crippen molar-refractivity contribution in [2.24, 2.45) is 0 Å². The second kappa shape index (κ2) is 6.22. The molecule has 1 aromatic rings. The monoisotopic (exact) mass is 333 g/mol. The molecule has 2 rings (SSSR count). The van der Waals surface area contributed by atoms with E-state index in [9.17, 15) is 8.42 Å². The number of nitrogens with zero attached hydrogens (tertiary/aromatic N) is 1. The Morgan fingerprint density at radius 2 is 2.19 bits per heavy atom. The molecule has 1 atom stereocenters. The van der Waals surface area contributed by atoms with Gasteiger partial charge in [-0.1, -0.05) is 17.7 Å². The van der Waals surface area contributed by atoms with Gasteiger partial charge in [0.15, 0.2) is 0 Å². The van der Waals surface area contributed by atoms with E-state index in [0.717, 1.165) is 12.8 Å². The molecule has 0 radical (unpaired) electrons. The second-order valence-electron chi connectivity index (χ2n) is 5.51. The molecule has 0 bridgehead atoms. The molecule has 1 unspecified atom stereocenters. The molecule has 0 aliphatic carbocycles. The average molecular weight is 334 g/mol. The Balaban J connectivity index is 2.31. The third-order valence-electron chi connectivity index (χ3n) is 3.95. The van der Waals surface area contributed by atoms with Gasteiger partial charge in [-0.15, -0.1) is 0 Å². The van der Waals surface area contributed by atoms with Crippen LogP contribution in [0.1, 0.15) is 25.3 Å². The minimum atomic E-state index is -3.60. The summed E-state index contributed by atoms with van der Waals surface area (Å²) in [5, 5.41) is 9.36. The Labute approximate surface area is 130 Å². The van der Waals surface area contributed by atoms with Crippen LogP contribution in [-0.4, -0.2) is 43.6 Å². The minimum Gasteiger partial charge on any atom is -0.392 e. The number of halogens is 1. The van der Waals surface area contributed by atoms with Gasteiger partial charge in [0.05, 0.1) is 17.1 Å². The molecule has 1 aliphatic heterocycles. The van der Waals surface area contributed by atoms with Gasteiger partial charge in [-0.2, -0.15) is 4.31 Å². The van der Waals surface area contributed by atoms with E-state index < -0.39 is 15.6 Å². The van der Waals surface area contributed by atoms with Gasteiger partial charge in [-0.25, -0.2) is 8.42 Å². The van der Waals surface area contributed by atoms with Crippen LogP contribution in [0.15, 0.2) is 23.1 Å². The zero-order chi connectivity index (χ0) is 15.7. The third kappa shape index (κ3) is 3.40. The van der Waals surface area contributed by atoms with Gasteiger partial charge in [-0.05, 0) is 37.5 Å². The van der Waals surface area contributed by atoms with Crippen LogP contribution in [-0.2, 0) is 21.4 Å². The molecule has 0 aromatic heterocycles. The number of rotatable bonds is 4. The van der Waals surface area contributed by atoms with Crippen LogP contribution in [0.2, 0.25) is 5.02 Å². The first kappa shape index (κ1) is 16.7. The van der Waals surface area contributed by atoms with Gasteiger partial charge in [0.25, 0.3) is 0 Å². The topological polar surface area (TPSA) is 66.8 Å². The predicted octanol–water partition coefficient (Wildman–Crippen LogP) is 2.02. The molecule has 1 aromatic carbocycles. The smallest absolute Gasteiger partial charge is 0.243 e. The van der Waals surface area contributed by atoms with Gasteiger partial charge in [-0.3, -0.25) is 0 Å². The maximum atomic E-state index is 12.7. The van der Waals surface area contributed by atoms with Crippen molar-refractivity contribution >= 4 is 21.6 Å². The van der Waals surface area contributed by atoms with Crippen molar-refractivity contribution in [3.05, 3.63) is 28.8 Å². The van der Waals surface area contributed by atoms with E-state index in [4.69, 9.17) is 21.4 Å². The van der Waals surface area contributed by atoms with Crippen molar-refractivity contribution in [2.75, 3.05) is 20.2 Å². The van der Waals surface area contributed by atoms with Crippen LogP contribution in [0.3, 0.4) is 0 Å². The number of benzene rings is 1. The third-order valence-corrected chi connectivity index (χ3v) is 6.14. The summed E-state index contributed by atoms with van der Waals surface area (Å²) in [5.41, 5.74) is 0.0520. The van der Waals surface area contributed by atoms with Crippen molar-refractivity contribution in [1.82, 2.24) is 4.31 Å². The molecular formula is C14H20ClNO4S. The zero-order valence-corrected chi connectivity index (χ0v) is 13.7. The molecule has 5 nitrogen and oxygen atoms in total. The number of sulfonamides is 1. The highest BCUT2D eigenvalue weighted by atomic mass is 35.5. The number of methoxy groups -OCH3 is 1. The maximum Gasteiger partial charge on any atom is 0.243 e. The number of piperidine rings is 1. The fourth-order valence-corrected chi connectivity index (χ4v) is 4.42. The van der Waals surface area contributed by atoms with E-state index in [0.29, 0.717) is 18.7 Å². The SMILES string of the molecule is COC1(C)CCCN(S(=O)(=O)c2ccc(CO)c(Cl)c2)C1. The second-order valence-corrected chi connectivity index (χ2v) is 7.85. The molecular weight excluding hydrogens is 314 g/mol. The fourth-order valence-electron chi connectivity index (χ4n) is 2.50. The number of ether oxygens (including phenoxy) is 1. The van der Waals surface area contributed by atoms with Gasteiger partial charge in [0.1, 0.15) is 0 Å². The summed E-state index contributed by atoms with van der Waals surface area (Å²) in [5.74, 6) is 0. The highest BCUT2D eigenvalue weighted by Crippen LogP contribution is 2.29. The lowest BCUT2D eigenvalue weighted by Crippen LogP contribution is -2.49. The Bertz CT molecular complexity index is 619. The highest BCUT2D eigenvalue weighted by molar-refractivity contribution is 7.89. The number of aliphatic hydroxyl groups is 1. The Morgan fingerprint density at radius 1 is 1.48 bits per heavy atom. The summed E-state index contributed by atoms with van der Waals surface area (Å²) < 4.78 is 32.3. The van der Waals surface area contributed by atoms with Crippen molar-refractivity contribution in [2.45, 2.75) is 36.9 Å². The quantitative estimate of drug-likeness (QED) is 0.915. The molecule has 0 amide bonds. The molecule has 21 heavy (non-hydrogen) atoms. The van der Waals surface area contributed by atoms with Crippen LogP contribution < -0.4 is 0 Å². The molecule has 0 saturated carbocycles. The fraction of sp³-hybridized carbons (Fsp3) is 0.571. The minimum absolute atomic E-state index is 0.144. The van der Waals surface area contributed by atoms with Crippen LogP contribution >= 0.6 is 11.6 Å². The van der Waals surface area contributed by atoms with Crippen molar-refractivity contribution in [3.63, 3.8) is 0 Å². The summed E-state index contributed by atoms with van der Waals surface area (Å²) >= 11 is 5.99. The van der Waals surface area contributed by atoms with Crippen LogP contribution in [0.25, 0.3) is 0 Å². The molecule has 1 fully saturated rings. The lowest BCUT2D eigenvalue weighted by molar-refractivity contribution is -0.0319. The lowest BCUT2D eigenvalue weighted by Gasteiger charge is -2.38. The van der Waals surface area contributed by atoms with E-state index in [1.165, 1.54) is 22.5 Å². The van der Waals surface area contributed by atoms with Crippen molar-refractivity contribution in [3.8, 4) is 0 Å². The molecule has 1 N–H and O–H groups in total. The first-order valence-electron chi connectivity index (χ1n) is 6.77. The normalized spacial score (nSPS) is 24.2. The largest absolute Gasteiger partial charge is 0.392 e. The van der Waals surface area contributed by atoms with Crippen LogP contribution in [0.5, 0.6) is 0 Å². The molecule has 0 spiro atoms. The number of hydrogen-bond donors (Lipinski definition) is 1. The zero-order valence-electron chi connectivity index (χ0n) is 12.2. The van der Waals surface area contributed by atoms with Crippen LogP contribution in [0, 0.1) is 0 Å². The summed E-state index contributed by atoms with van der Waals surface area (Å²) in [6, 6.07) is 4.40. The van der Waals surface area contributed by atoms with E-state index >= 15 is 0 Å². The lowest BCUT2D eigenvalue weighted by atomic mass is 9.96. The predicted molar refractivity (Wildman–Crippen MR) is 80.8 cm³/mol. The Morgan fingerprint density at radius 3 is 2.76 bits per heavy atom. The van der Waals surface area contributed by atoms with E-state index in [2.05, 4.69) is 0 Å².